The molecule has 0 fully saturated rings. The largest absolute Gasteiger partial charge is 0.462 e. The van der Waals surface area contributed by atoms with Gasteiger partial charge in [-0.3, -0.25) is 4.79 Å². The third-order valence-corrected chi connectivity index (χ3v) is 3.61. The summed E-state index contributed by atoms with van der Waals surface area (Å²) in [5, 5.41) is 4.66. The average molecular weight is 289 g/mol. The molecule has 0 saturated carbocycles. The first-order valence-electron chi connectivity index (χ1n) is 6.24. The summed E-state index contributed by atoms with van der Waals surface area (Å²) in [7, 11) is 0. The molecule has 1 amide bonds. The fraction of sp³-hybridized carbons (Fsp3) is 0.200. The van der Waals surface area contributed by atoms with Crippen LogP contribution in [0.4, 0.5) is 5.69 Å². The number of nitrogens with one attached hydrogen (secondary N) is 1. The van der Waals surface area contributed by atoms with Gasteiger partial charge in [0.15, 0.2) is 0 Å². The van der Waals surface area contributed by atoms with Crippen molar-refractivity contribution in [3.63, 3.8) is 0 Å². The molecule has 4 nitrogen and oxygen atoms in total. The van der Waals surface area contributed by atoms with Gasteiger partial charge in [-0.05, 0) is 43.0 Å². The number of benzene rings is 1. The fourth-order valence-corrected chi connectivity index (χ4v) is 2.31. The number of esters is 1. The Bertz CT molecular complexity index is 620. The summed E-state index contributed by atoms with van der Waals surface area (Å²) in [6.45, 7) is 3.95. The summed E-state index contributed by atoms with van der Waals surface area (Å²) < 4.78 is 4.95. The molecule has 0 spiro atoms. The summed E-state index contributed by atoms with van der Waals surface area (Å²) >= 11 is 1.37. The Labute approximate surface area is 121 Å². The number of aryl methyl sites for hydroxylation is 1. The number of hydrogen-bond donors (Lipinski definition) is 1. The smallest absolute Gasteiger partial charge is 0.338 e. The minimum atomic E-state index is -0.390. The van der Waals surface area contributed by atoms with Gasteiger partial charge in [0.2, 0.25) is 0 Å². The number of thiophene rings is 1. The Morgan fingerprint density at radius 1 is 1.30 bits per heavy atom. The molecule has 2 aromatic rings. The normalized spacial score (nSPS) is 10.1. The second kappa shape index (κ2) is 6.34. The van der Waals surface area contributed by atoms with Crippen LogP contribution < -0.4 is 5.32 Å². The lowest BCUT2D eigenvalue weighted by Crippen LogP contribution is -2.12. The molecule has 1 aromatic carbocycles. The standard InChI is InChI=1S/C15H15NO3S/c1-3-19-15(18)11-7-6-10(2)12(9-11)16-14(17)13-5-4-8-20-13/h4-9H,3H2,1-2H3,(H,16,17). The van der Waals surface area contributed by atoms with Gasteiger partial charge in [-0.2, -0.15) is 0 Å². The van der Waals surface area contributed by atoms with Crippen LogP contribution in [0.15, 0.2) is 35.7 Å². The maximum atomic E-state index is 12.0. The number of carbonyl (C=O) groups is 2. The number of ether oxygens (including phenoxy) is 1. The van der Waals surface area contributed by atoms with Gasteiger partial charge in [-0.25, -0.2) is 4.79 Å². The van der Waals surface area contributed by atoms with Crippen molar-refractivity contribution >= 4 is 28.9 Å². The highest BCUT2D eigenvalue weighted by atomic mass is 32.1. The highest BCUT2D eigenvalue weighted by Crippen LogP contribution is 2.19. The molecule has 0 saturated heterocycles. The molecule has 0 aliphatic heterocycles. The maximum Gasteiger partial charge on any atom is 0.338 e. The van der Waals surface area contributed by atoms with Gasteiger partial charge in [0, 0.05) is 5.69 Å². The molecule has 104 valence electrons. The van der Waals surface area contributed by atoms with Gasteiger partial charge < -0.3 is 10.1 Å². The van der Waals surface area contributed by atoms with Crippen LogP contribution in [0.1, 0.15) is 32.5 Å². The van der Waals surface area contributed by atoms with Crippen molar-refractivity contribution in [2.45, 2.75) is 13.8 Å². The molecule has 0 bridgehead atoms. The molecule has 1 aromatic heterocycles. The quantitative estimate of drug-likeness (QED) is 0.877. The van der Waals surface area contributed by atoms with E-state index in [-0.39, 0.29) is 11.9 Å². The molecule has 0 aliphatic carbocycles. The molecular formula is C15H15NO3S. The van der Waals surface area contributed by atoms with E-state index in [0.29, 0.717) is 22.7 Å². The van der Waals surface area contributed by atoms with Gasteiger partial charge in [0.1, 0.15) is 0 Å². The highest BCUT2D eigenvalue weighted by molar-refractivity contribution is 7.12. The molecular weight excluding hydrogens is 274 g/mol. The van der Waals surface area contributed by atoms with Crippen LogP contribution in [0, 0.1) is 6.92 Å². The first-order chi connectivity index (χ1) is 9.61. The molecule has 0 aliphatic rings. The molecule has 5 heteroatoms. The van der Waals surface area contributed by atoms with E-state index in [1.807, 2.05) is 18.4 Å². The van der Waals surface area contributed by atoms with Gasteiger partial charge >= 0.3 is 5.97 Å². The summed E-state index contributed by atoms with van der Waals surface area (Å²) in [4.78, 5) is 24.3. The van der Waals surface area contributed by atoms with Crippen LogP contribution in [0.2, 0.25) is 0 Å². The number of amides is 1. The summed E-state index contributed by atoms with van der Waals surface area (Å²) in [6, 6.07) is 8.69. The van der Waals surface area contributed by atoms with Crippen molar-refractivity contribution in [2.24, 2.45) is 0 Å². The first kappa shape index (κ1) is 14.3. The van der Waals surface area contributed by atoms with Crippen LogP contribution in [-0.2, 0) is 4.74 Å². The van der Waals surface area contributed by atoms with E-state index < -0.39 is 0 Å². The minimum Gasteiger partial charge on any atom is -0.462 e. The van der Waals surface area contributed by atoms with E-state index in [9.17, 15) is 9.59 Å². The number of hydrogen-bond acceptors (Lipinski definition) is 4. The Balaban J connectivity index is 2.21. The zero-order chi connectivity index (χ0) is 14.5. The maximum absolute atomic E-state index is 12.0. The van der Waals surface area contributed by atoms with E-state index in [1.54, 1.807) is 31.2 Å². The fourth-order valence-electron chi connectivity index (χ4n) is 1.69. The molecule has 0 radical (unpaired) electrons. The SMILES string of the molecule is CCOC(=O)c1ccc(C)c(NC(=O)c2cccs2)c1. The Morgan fingerprint density at radius 2 is 2.10 bits per heavy atom. The Hall–Kier alpha value is -2.14. The zero-order valence-corrected chi connectivity index (χ0v) is 12.1. The van der Waals surface area contributed by atoms with Gasteiger partial charge in [0.05, 0.1) is 17.0 Å². The van der Waals surface area contributed by atoms with Crippen LogP contribution in [0.25, 0.3) is 0 Å². The summed E-state index contributed by atoms with van der Waals surface area (Å²) in [5.41, 5.74) is 1.94. The van der Waals surface area contributed by atoms with Gasteiger partial charge in [-0.1, -0.05) is 12.1 Å². The van der Waals surface area contributed by atoms with Crippen molar-refractivity contribution in [3.05, 3.63) is 51.7 Å². The van der Waals surface area contributed by atoms with Crippen molar-refractivity contribution in [1.29, 1.82) is 0 Å². The van der Waals surface area contributed by atoms with Crippen molar-refractivity contribution in [3.8, 4) is 0 Å². The molecule has 0 unspecified atom stereocenters. The van der Waals surface area contributed by atoms with E-state index in [2.05, 4.69) is 5.32 Å². The number of rotatable bonds is 4. The molecule has 2 rings (SSSR count). The van der Waals surface area contributed by atoms with Gasteiger partial charge in [-0.15, -0.1) is 11.3 Å². The molecule has 20 heavy (non-hydrogen) atoms. The number of carbonyl (C=O) groups excluding carboxylic acids is 2. The molecule has 1 heterocycles. The van der Waals surface area contributed by atoms with Gasteiger partial charge in [0.25, 0.3) is 5.91 Å². The zero-order valence-electron chi connectivity index (χ0n) is 11.3. The van der Waals surface area contributed by atoms with Crippen LogP contribution >= 0.6 is 11.3 Å². The second-order valence-electron chi connectivity index (χ2n) is 4.18. The van der Waals surface area contributed by atoms with E-state index in [1.165, 1.54) is 11.3 Å². The summed E-state index contributed by atoms with van der Waals surface area (Å²) in [6.07, 6.45) is 0. The van der Waals surface area contributed by atoms with Crippen LogP contribution in [0.3, 0.4) is 0 Å². The van der Waals surface area contributed by atoms with E-state index in [4.69, 9.17) is 4.74 Å². The van der Waals surface area contributed by atoms with Crippen molar-refractivity contribution < 1.29 is 14.3 Å². The third kappa shape index (κ3) is 3.24. The topological polar surface area (TPSA) is 55.4 Å². The molecule has 0 atom stereocenters. The monoisotopic (exact) mass is 289 g/mol. The lowest BCUT2D eigenvalue weighted by atomic mass is 10.1. The Morgan fingerprint density at radius 3 is 2.75 bits per heavy atom. The predicted octanol–water partition coefficient (Wildman–Crippen LogP) is 3.49. The Kier molecular flexibility index (Phi) is 4.53. The van der Waals surface area contributed by atoms with Crippen molar-refractivity contribution in [1.82, 2.24) is 0 Å². The lowest BCUT2D eigenvalue weighted by Gasteiger charge is -2.09. The second-order valence-corrected chi connectivity index (χ2v) is 5.13. The third-order valence-electron chi connectivity index (χ3n) is 2.74. The van der Waals surface area contributed by atoms with Crippen LogP contribution in [0.5, 0.6) is 0 Å². The number of anilines is 1. The van der Waals surface area contributed by atoms with Crippen LogP contribution in [-0.4, -0.2) is 18.5 Å². The average Bonchev–Trinajstić information content (AvgIpc) is 2.95. The minimum absolute atomic E-state index is 0.177. The predicted molar refractivity (Wildman–Crippen MR) is 79.4 cm³/mol. The van der Waals surface area contributed by atoms with E-state index in [0.717, 1.165) is 5.56 Å². The molecule has 1 N–H and O–H groups in total. The first-order valence-corrected chi connectivity index (χ1v) is 7.12. The lowest BCUT2D eigenvalue weighted by molar-refractivity contribution is 0.0526. The summed E-state index contributed by atoms with van der Waals surface area (Å²) in [5.74, 6) is -0.566. The van der Waals surface area contributed by atoms with E-state index >= 15 is 0 Å². The van der Waals surface area contributed by atoms with Crippen molar-refractivity contribution in [2.75, 3.05) is 11.9 Å². The highest BCUT2D eigenvalue weighted by Gasteiger charge is 2.12.